The SMILES string of the molecule is O=C(NCC(O)c1cccc(C(F)(F)F)c1)NCC1(c2cccc(F)c2)CCOCC1. The summed E-state index contributed by atoms with van der Waals surface area (Å²) >= 11 is 0. The van der Waals surface area contributed by atoms with Gasteiger partial charge in [0, 0.05) is 31.7 Å². The van der Waals surface area contributed by atoms with E-state index >= 15 is 0 Å². The smallest absolute Gasteiger partial charge is 0.387 e. The van der Waals surface area contributed by atoms with Gasteiger partial charge in [0.1, 0.15) is 5.82 Å². The molecule has 31 heavy (non-hydrogen) atoms. The third-order valence-electron chi connectivity index (χ3n) is 5.53. The van der Waals surface area contributed by atoms with Crippen LogP contribution < -0.4 is 10.6 Å². The van der Waals surface area contributed by atoms with Gasteiger partial charge in [0.2, 0.25) is 0 Å². The summed E-state index contributed by atoms with van der Waals surface area (Å²) in [4.78, 5) is 12.3. The highest BCUT2D eigenvalue weighted by Gasteiger charge is 2.35. The molecule has 1 aliphatic rings. The fourth-order valence-electron chi connectivity index (χ4n) is 3.69. The van der Waals surface area contributed by atoms with Crippen molar-refractivity contribution in [1.29, 1.82) is 0 Å². The van der Waals surface area contributed by atoms with Gasteiger partial charge in [-0.05, 0) is 48.2 Å². The topological polar surface area (TPSA) is 70.6 Å². The number of halogens is 4. The third-order valence-corrected chi connectivity index (χ3v) is 5.53. The Morgan fingerprint density at radius 2 is 1.81 bits per heavy atom. The lowest BCUT2D eigenvalue weighted by Gasteiger charge is -2.38. The van der Waals surface area contributed by atoms with E-state index in [0.717, 1.165) is 17.7 Å². The van der Waals surface area contributed by atoms with Crippen molar-refractivity contribution in [2.75, 3.05) is 26.3 Å². The number of aliphatic hydroxyl groups is 1. The van der Waals surface area contributed by atoms with Crippen LogP contribution in [0.15, 0.2) is 48.5 Å². The number of hydrogen-bond acceptors (Lipinski definition) is 3. The predicted molar refractivity (Wildman–Crippen MR) is 106 cm³/mol. The Labute approximate surface area is 177 Å². The molecule has 2 amide bonds. The standard InChI is InChI=1S/C22H24F4N2O3/c23-18-6-2-4-16(12-18)21(7-9-31-10-8-21)14-28-20(30)27-13-19(29)15-3-1-5-17(11-15)22(24,25)26/h1-6,11-12,19,29H,7-10,13-14H2,(H2,27,28,30). The minimum Gasteiger partial charge on any atom is -0.387 e. The average Bonchev–Trinajstić information content (AvgIpc) is 2.76. The summed E-state index contributed by atoms with van der Waals surface area (Å²) in [6.07, 6.45) is -4.61. The third kappa shape index (κ3) is 5.95. The van der Waals surface area contributed by atoms with E-state index in [1.165, 1.54) is 24.3 Å². The van der Waals surface area contributed by atoms with E-state index in [1.54, 1.807) is 6.07 Å². The van der Waals surface area contributed by atoms with Crippen LogP contribution in [0.5, 0.6) is 0 Å². The van der Waals surface area contributed by atoms with E-state index in [2.05, 4.69) is 10.6 Å². The van der Waals surface area contributed by atoms with Crippen LogP contribution in [0, 0.1) is 5.82 Å². The molecule has 0 radical (unpaired) electrons. The van der Waals surface area contributed by atoms with Crippen LogP contribution in [0.2, 0.25) is 0 Å². The molecule has 9 heteroatoms. The lowest BCUT2D eigenvalue weighted by molar-refractivity contribution is -0.137. The molecule has 168 valence electrons. The summed E-state index contributed by atoms with van der Waals surface area (Å²) in [6, 6.07) is 9.98. The van der Waals surface area contributed by atoms with Crippen molar-refractivity contribution in [2.45, 2.75) is 30.5 Å². The Balaban J connectivity index is 1.59. The van der Waals surface area contributed by atoms with E-state index in [0.29, 0.717) is 26.1 Å². The van der Waals surface area contributed by atoms with E-state index in [9.17, 15) is 27.5 Å². The van der Waals surface area contributed by atoms with Crippen LogP contribution in [0.1, 0.15) is 35.6 Å². The van der Waals surface area contributed by atoms with E-state index in [4.69, 9.17) is 4.74 Å². The Morgan fingerprint density at radius 1 is 1.10 bits per heavy atom. The zero-order chi connectivity index (χ0) is 22.5. The number of benzene rings is 2. The van der Waals surface area contributed by atoms with E-state index in [1.807, 2.05) is 6.07 Å². The van der Waals surface area contributed by atoms with Gasteiger partial charge in [-0.3, -0.25) is 0 Å². The maximum absolute atomic E-state index is 13.7. The second-order valence-electron chi connectivity index (χ2n) is 7.61. The number of carbonyl (C=O) groups is 1. The fraction of sp³-hybridized carbons (Fsp3) is 0.409. The van der Waals surface area contributed by atoms with Crippen molar-refractivity contribution in [3.63, 3.8) is 0 Å². The van der Waals surface area contributed by atoms with Gasteiger partial charge in [0.15, 0.2) is 0 Å². The van der Waals surface area contributed by atoms with Gasteiger partial charge in [-0.2, -0.15) is 13.2 Å². The molecule has 5 nitrogen and oxygen atoms in total. The second-order valence-corrected chi connectivity index (χ2v) is 7.61. The van der Waals surface area contributed by atoms with Gasteiger partial charge in [0.25, 0.3) is 0 Å². The highest BCUT2D eigenvalue weighted by Crippen LogP contribution is 2.34. The largest absolute Gasteiger partial charge is 0.416 e. The molecule has 1 atom stereocenters. The van der Waals surface area contributed by atoms with Gasteiger partial charge in [-0.1, -0.05) is 24.3 Å². The van der Waals surface area contributed by atoms with Gasteiger partial charge in [-0.25, -0.2) is 9.18 Å². The zero-order valence-electron chi connectivity index (χ0n) is 16.7. The van der Waals surface area contributed by atoms with Crippen molar-refractivity contribution in [1.82, 2.24) is 10.6 Å². The van der Waals surface area contributed by atoms with Gasteiger partial charge >= 0.3 is 12.2 Å². The van der Waals surface area contributed by atoms with Crippen LogP contribution in [-0.2, 0) is 16.3 Å². The minimum absolute atomic E-state index is 0.0517. The number of nitrogens with one attached hydrogen (secondary N) is 2. The Morgan fingerprint density at radius 3 is 2.48 bits per heavy atom. The first kappa shape index (κ1) is 23.0. The monoisotopic (exact) mass is 440 g/mol. The second kappa shape index (κ2) is 9.65. The van der Waals surface area contributed by atoms with E-state index < -0.39 is 29.3 Å². The van der Waals surface area contributed by atoms with Crippen LogP contribution in [0.3, 0.4) is 0 Å². The van der Waals surface area contributed by atoms with Crippen molar-refractivity contribution >= 4 is 6.03 Å². The number of carbonyl (C=O) groups excluding carboxylic acids is 1. The van der Waals surface area contributed by atoms with Crippen molar-refractivity contribution in [3.8, 4) is 0 Å². The number of alkyl halides is 3. The number of ether oxygens (including phenoxy) is 1. The highest BCUT2D eigenvalue weighted by molar-refractivity contribution is 5.74. The number of aliphatic hydroxyl groups excluding tert-OH is 1. The molecular weight excluding hydrogens is 416 g/mol. The molecule has 0 spiro atoms. The molecule has 0 aliphatic carbocycles. The summed E-state index contributed by atoms with van der Waals surface area (Å²) in [5.74, 6) is -0.364. The predicted octanol–water partition coefficient (Wildman–Crippen LogP) is 3.93. The molecule has 2 aromatic carbocycles. The van der Waals surface area contributed by atoms with Crippen molar-refractivity contribution < 1.29 is 32.2 Å². The number of rotatable bonds is 6. The molecule has 2 aromatic rings. The number of hydrogen-bond donors (Lipinski definition) is 3. The minimum atomic E-state index is -4.52. The molecule has 1 fully saturated rings. The number of amides is 2. The average molecular weight is 440 g/mol. The summed E-state index contributed by atoms with van der Waals surface area (Å²) in [5, 5.41) is 15.4. The zero-order valence-corrected chi connectivity index (χ0v) is 16.7. The first-order valence-electron chi connectivity index (χ1n) is 9.90. The maximum Gasteiger partial charge on any atom is 0.416 e. The quantitative estimate of drug-likeness (QED) is 0.597. The lowest BCUT2D eigenvalue weighted by atomic mass is 9.74. The molecule has 1 saturated heterocycles. The van der Waals surface area contributed by atoms with Gasteiger partial charge < -0.3 is 20.5 Å². The highest BCUT2D eigenvalue weighted by atomic mass is 19.4. The summed E-state index contributed by atoms with van der Waals surface area (Å²) in [6.45, 7) is 0.927. The van der Waals surface area contributed by atoms with Crippen molar-refractivity contribution in [2.24, 2.45) is 0 Å². The molecule has 0 aromatic heterocycles. The van der Waals surface area contributed by atoms with Crippen LogP contribution in [-0.4, -0.2) is 37.4 Å². The molecule has 0 bridgehead atoms. The maximum atomic E-state index is 13.7. The molecule has 0 saturated carbocycles. The molecule has 3 rings (SSSR count). The molecular formula is C22H24F4N2O3. The number of urea groups is 1. The molecule has 1 aliphatic heterocycles. The van der Waals surface area contributed by atoms with E-state index in [-0.39, 0.29) is 24.5 Å². The van der Waals surface area contributed by atoms with Crippen LogP contribution in [0.4, 0.5) is 22.4 Å². The molecule has 1 unspecified atom stereocenters. The molecule has 3 N–H and O–H groups in total. The first-order chi connectivity index (χ1) is 14.7. The fourth-order valence-corrected chi connectivity index (χ4v) is 3.69. The summed E-state index contributed by atoms with van der Waals surface area (Å²) < 4.78 is 57.6. The summed E-state index contributed by atoms with van der Waals surface area (Å²) in [7, 11) is 0. The normalized spacial score (nSPS) is 17.1. The van der Waals surface area contributed by atoms with Crippen molar-refractivity contribution in [3.05, 3.63) is 71.0 Å². The Kier molecular flexibility index (Phi) is 7.17. The Bertz CT molecular complexity index is 898. The first-order valence-corrected chi connectivity index (χ1v) is 9.90. The lowest BCUT2D eigenvalue weighted by Crippen LogP contribution is -2.48. The van der Waals surface area contributed by atoms with Crippen LogP contribution >= 0.6 is 0 Å². The summed E-state index contributed by atoms with van der Waals surface area (Å²) in [5.41, 5.74) is -0.543. The Hall–Kier alpha value is -2.65. The van der Waals surface area contributed by atoms with Gasteiger partial charge in [-0.15, -0.1) is 0 Å². The van der Waals surface area contributed by atoms with Gasteiger partial charge in [0.05, 0.1) is 11.7 Å². The molecule has 1 heterocycles. The van der Waals surface area contributed by atoms with Crippen LogP contribution in [0.25, 0.3) is 0 Å².